The molecule has 1 atom stereocenters. The molecule has 1 amide bonds. The maximum Gasteiger partial charge on any atom is 0.410 e. The molecule has 0 heterocycles. The first-order valence-electron chi connectivity index (χ1n) is 12.7. The lowest BCUT2D eigenvalue weighted by molar-refractivity contribution is -0.149. The van der Waals surface area contributed by atoms with Crippen LogP contribution in [0.15, 0.2) is 48.5 Å². The first-order chi connectivity index (χ1) is 17.9. The SMILES string of the molecule is CCCCCSCCN(CCOc1ccc(CC(OCC)C(=O)O)cc1)C(=O)OCc1ccc(F)cc1. The zero-order chi connectivity index (χ0) is 26.9. The molecule has 0 aromatic heterocycles. The number of hydrogen-bond acceptors (Lipinski definition) is 6. The Hall–Kier alpha value is -2.78. The van der Waals surface area contributed by atoms with Crippen molar-refractivity contribution in [2.75, 3.05) is 37.8 Å². The van der Waals surface area contributed by atoms with Gasteiger partial charge in [-0.25, -0.2) is 14.0 Å². The minimum Gasteiger partial charge on any atom is -0.492 e. The molecule has 37 heavy (non-hydrogen) atoms. The molecule has 9 heteroatoms. The number of carbonyl (C=O) groups excluding carboxylic acids is 1. The summed E-state index contributed by atoms with van der Waals surface area (Å²) in [5, 5.41) is 9.25. The molecule has 0 saturated carbocycles. The fraction of sp³-hybridized carbons (Fsp3) is 0.500. The van der Waals surface area contributed by atoms with Crippen LogP contribution in [0, 0.1) is 5.82 Å². The number of carboxylic acid groups (broad SMARTS) is 1. The highest BCUT2D eigenvalue weighted by molar-refractivity contribution is 7.99. The molecule has 204 valence electrons. The zero-order valence-corrected chi connectivity index (χ0v) is 22.5. The van der Waals surface area contributed by atoms with Gasteiger partial charge in [0.2, 0.25) is 0 Å². The molecule has 2 aromatic carbocycles. The van der Waals surface area contributed by atoms with E-state index in [1.807, 2.05) is 23.9 Å². The molecule has 0 aliphatic heterocycles. The molecule has 7 nitrogen and oxygen atoms in total. The molecule has 1 unspecified atom stereocenters. The summed E-state index contributed by atoms with van der Waals surface area (Å²) in [6.45, 7) is 5.51. The summed E-state index contributed by atoms with van der Waals surface area (Å²) in [6.07, 6.45) is 2.48. The van der Waals surface area contributed by atoms with Crippen molar-refractivity contribution < 1.29 is 33.3 Å². The van der Waals surface area contributed by atoms with Crippen LogP contribution in [-0.2, 0) is 27.3 Å². The van der Waals surface area contributed by atoms with Crippen LogP contribution < -0.4 is 4.74 Å². The summed E-state index contributed by atoms with van der Waals surface area (Å²) < 4.78 is 29.7. The third kappa shape index (κ3) is 12.3. The van der Waals surface area contributed by atoms with Crippen molar-refractivity contribution in [3.8, 4) is 5.75 Å². The minimum absolute atomic E-state index is 0.0701. The number of carboxylic acids is 1. The Morgan fingerprint density at radius 2 is 1.68 bits per heavy atom. The molecule has 2 rings (SSSR count). The number of benzene rings is 2. The standard InChI is InChI=1S/C28H38FNO6S/c1-3-5-6-18-37-19-16-30(28(33)36-21-23-7-11-24(29)12-8-23)15-17-35-25-13-9-22(10-14-25)20-26(27(31)32)34-4-2/h7-14,26H,3-6,15-21H2,1-2H3,(H,31,32). The molecule has 0 saturated heterocycles. The van der Waals surface area contributed by atoms with Crippen LogP contribution in [0.4, 0.5) is 9.18 Å². The Labute approximate surface area is 223 Å². The first kappa shape index (κ1) is 30.4. The van der Waals surface area contributed by atoms with Crippen molar-refractivity contribution in [3.63, 3.8) is 0 Å². The molecule has 1 N–H and O–H groups in total. The number of hydrogen-bond donors (Lipinski definition) is 1. The zero-order valence-electron chi connectivity index (χ0n) is 21.7. The van der Waals surface area contributed by atoms with Crippen LogP contribution >= 0.6 is 11.8 Å². The van der Waals surface area contributed by atoms with Gasteiger partial charge in [-0.1, -0.05) is 44.0 Å². The number of aliphatic carboxylic acids is 1. The van der Waals surface area contributed by atoms with Gasteiger partial charge in [-0.05, 0) is 54.5 Å². The Morgan fingerprint density at radius 1 is 0.973 bits per heavy atom. The molecular formula is C28H38FNO6S. The van der Waals surface area contributed by atoms with Crippen molar-refractivity contribution in [1.82, 2.24) is 4.90 Å². The molecule has 0 bridgehead atoms. The predicted octanol–water partition coefficient (Wildman–Crippen LogP) is 5.80. The number of rotatable bonds is 18. The van der Waals surface area contributed by atoms with Gasteiger partial charge in [-0.3, -0.25) is 0 Å². The summed E-state index contributed by atoms with van der Waals surface area (Å²) in [5.74, 6) is 1.16. The largest absolute Gasteiger partial charge is 0.492 e. The van der Waals surface area contributed by atoms with Crippen LogP contribution in [-0.4, -0.2) is 66.0 Å². The number of thioether (sulfide) groups is 1. The third-order valence-electron chi connectivity index (χ3n) is 5.55. The molecule has 0 radical (unpaired) electrons. The lowest BCUT2D eigenvalue weighted by atomic mass is 10.1. The van der Waals surface area contributed by atoms with Crippen molar-refractivity contribution >= 4 is 23.8 Å². The van der Waals surface area contributed by atoms with Gasteiger partial charge in [0.05, 0.1) is 6.54 Å². The highest BCUT2D eigenvalue weighted by Gasteiger charge is 2.18. The van der Waals surface area contributed by atoms with Gasteiger partial charge in [0.15, 0.2) is 6.10 Å². The quantitative estimate of drug-likeness (QED) is 0.242. The number of nitrogens with zero attached hydrogens (tertiary/aromatic N) is 1. The number of unbranched alkanes of at least 4 members (excludes halogenated alkanes) is 2. The fourth-order valence-corrected chi connectivity index (χ4v) is 4.43. The summed E-state index contributed by atoms with van der Waals surface area (Å²) in [5.41, 5.74) is 1.55. The van der Waals surface area contributed by atoms with Gasteiger partial charge in [-0.15, -0.1) is 0 Å². The normalized spacial score (nSPS) is 11.6. The van der Waals surface area contributed by atoms with E-state index in [1.165, 1.54) is 25.0 Å². The van der Waals surface area contributed by atoms with Gasteiger partial charge >= 0.3 is 12.1 Å². The molecule has 0 aliphatic rings. The molecule has 2 aromatic rings. The van der Waals surface area contributed by atoms with E-state index in [4.69, 9.17) is 14.2 Å². The van der Waals surface area contributed by atoms with Crippen molar-refractivity contribution in [2.24, 2.45) is 0 Å². The van der Waals surface area contributed by atoms with Crippen LogP contribution in [0.3, 0.4) is 0 Å². The van der Waals surface area contributed by atoms with Crippen molar-refractivity contribution in [3.05, 3.63) is 65.5 Å². The van der Waals surface area contributed by atoms with Gasteiger partial charge in [-0.2, -0.15) is 11.8 Å². The second-order valence-corrected chi connectivity index (χ2v) is 9.69. The van der Waals surface area contributed by atoms with E-state index in [0.29, 0.717) is 25.4 Å². The molecule has 0 fully saturated rings. The van der Waals surface area contributed by atoms with Crippen LogP contribution in [0.5, 0.6) is 5.75 Å². The van der Waals surface area contributed by atoms with E-state index in [2.05, 4.69) is 6.92 Å². The molecule has 0 spiro atoms. The van der Waals surface area contributed by atoms with Gasteiger partial charge in [0.1, 0.15) is 24.8 Å². The summed E-state index contributed by atoms with van der Waals surface area (Å²) >= 11 is 1.81. The van der Waals surface area contributed by atoms with Crippen LogP contribution in [0.1, 0.15) is 44.2 Å². The number of carbonyl (C=O) groups is 2. The second kappa shape index (κ2) is 17.6. The molecular weight excluding hydrogens is 497 g/mol. The van der Waals surface area contributed by atoms with Crippen LogP contribution in [0.25, 0.3) is 0 Å². The summed E-state index contributed by atoms with van der Waals surface area (Å²) in [7, 11) is 0. The Morgan fingerprint density at radius 3 is 2.32 bits per heavy atom. The highest BCUT2D eigenvalue weighted by Crippen LogP contribution is 2.15. The van der Waals surface area contributed by atoms with E-state index >= 15 is 0 Å². The third-order valence-corrected chi connectivity index (χ3v) is 6.60. The summed E-state index contributed by atoms with van der Waals surface area (Å²) in [4.78, 5) is 25.7. The van der Waals surface area contributed by atoms with Crippen LogP contribution in [0.2, 0.25) is 0 Å². The topological polar surface area (TPSA) is 85.3 Å². The fourth-order valence-electron chi connectivity index (χ4n) is 3.47. The maximum atomic E-state index is 13.1. The molecule has 0 aliphatic carbocycles. The van der Waals surface area contributed by atoms with E-state index in [0.717, 1.165) is 29.1 Å². The van der Waals surface area contributed by atoms with Gasteiger partial charge in [0, 0.05) is 25.3 Å². The smallest absolute Gasteiger partial charge is 0.410 e. The highest BCUT2D eigenvalue weighted by atomic mass is 32.2. The second-order valence-electron chi connectivity index (χ2n) is 8.47. The average Bonchev–Trinajstić information content (AvgIpc) is 2.89. The lowest BCUT2D eigenvalue weighted by Crippen LogP contribution is -2.36. The monoisotopic (exact) mass is 535 g/mol. The van der Waals surface area contributed by atoms with Crippen molar-refractivity contribution in [1.29, 1.82) is 0 Å². The maximum absolute atomic E-state index is 13.1. The van der Waals surface area contributed by atoms with E-state index in [-0.39, 0.29) is 25.5 Å². The minimum atomic E-state index is -0.989. The lowest BCUT2D eigenvalue weighted by Gasteiger charge is -2.22. The summed E-state index contributed by atoms with van der Waals surface area (Å²) in [6, 6.07) is 13.0. The van der Waals surface area contributed by atoms with E-state index < -0.39 is 18.2 Å². The van der Waals surface area contributed by atoms with E-state index in [1.54, 1.807) is 36.1 Å². The Kier molecular flexibility index (Phi) is 14.5. The van der Waals surface area contributed by atoms with Gasteiger partial charge in [0.25, 0.3) is 0 Å². The van der Waals surface area contributed by atoms with Gasteiger partial charge < -0.3 is 24.2 Å². The predicted molar refractivity (Wildman–Crippen MR) is 144 cm³/mol. The number of halogens is 1. The van der Waals surface area contributed by atoms with E-state index in [9.17, 15) is 19.1 Å². The first-order valence-corrected chi connectivity index (χ1v) is 13.9. The number of ether oxygens (including phenoxy) is 3. The average molecular weight is 536 g/mol. The Balaban J connectivity index is 1.86. The number of amides is 1. The van der Waals surface area contributed by atoms with Crippen molar-refractivity contribution in [2.45, 2.75) is 52.2 Å². The Bertz CT molecular complexity index is 925.